The third-order valence-electron chi connectivity index (χ3n) is 7.28. The number of ether oxygens (including phenoxy) is 2. The number of benzene rings is 2. The number of hydrogen-bond acceptors (Lipinski definition) is 8. The average Bonchev–Trinajstić information content (AvgIpc) is 3.05. The van der Waals surface area contributed by atoms with Gasteiger partial charge < -0.3 is 24.3 Å². The Morgan fingerprint density at radius 2 is 1.44 bits per heavy atom. The number of carboxylic acids is 1. The third-order valence-corrected chi connectivity index (χ3v) is 7.28. The molecule has 0 saturated heterocycles. The predicted octanol–water partition coefficient (Wildman–Crippen LogP) is 4.76. The Hall–Kier alpha value is -4.35. The SMILES string of the molecule is C=C(C)c1ccc(OC)c(-c2ccc(C(F)(F)F)cc2CN(Cc2cc(C(F)(F)F)cc(C(F)(F)F)c2)c2ncc(OCCCC(=O)[O-])cn2)n1.[Na+]. The number of allylic oxidation sites excluding steroid dienone is 1. The molecule has 272 valence electrons. The number of pyridine rings is 1. The van der Waals surface area contributed by atoms with Crippen molar-refractivity contribution in [3.8, 4) is 22.8 Å². The summed E-state index contributed by atoms with van der Waals surface area (Å²) in [5.41, 5.74) is -3.85. The molecule has 0 aliphatic rings. The van der Waals surface area contributed by atoms with E-state index in [2.05, 4.69) is 21.5 Å². The van der Waals surface area contributed by atoms with Crippen molar-refractivity contribution in [1.82, 2.24) is 15.0 Å². The van der Waals surface area contributed by atoms with E-state index in [9.17, 15) is 49.4 Å². The maximum Gasteiger partial charge on any atom is 1.00 e. The van der Waals surface area contributed by atoms with E-state index in [-0.39, 0.29) is 89.3 Å². The molecule has 4 aromatic rings. The first kappa shape index (κ1) is 42.1. The molecule has 0 fully saturated rings. The fraction of sp³-hybridized carbons (Fsp3) is 0.294. The standard InChI is InChI=1S/C34H29F9N4O4.Na/c1-19(2)27-8-9-28(50-3)30(46-27)26-7-6-22(32(35,36)37)13-21(26)18-47(31-44-15-25(16-45-31)51-10-4-5-29(48)49)17-20-11-23(33(38,39)40)14-24(12-20)34(41,42)43;/h6-9,11-16H,1,4-5,10,17-18H2,2-3H3,(H,48,49);/q;+1/p-1. The van der Waals surface area contributed by atoms with Gasteiger partial charge in [0.05, 0.1) is 48.5 Å². The van der Waals surface area contributed by atoms with Gasteiger partial charge in [-0.05, 0) is 78.9 Å². The van der Waals surface area contributed by atoms with Crippen LogP contribution in [0.5, 0.6) is 11.5 Å². The number of rotatable bonds is 13. The summed E-state index contributed by atoms with van der Waals surface area (Å²) in [6.07, 6.45) is -13.2. The van der Waals surface area contributed by atoms with Crippen LogP contribution < -0.4 is 49.0 Å². The van der Waals surface area contributed by atoms with Crippen molar-refractivity contribution < 1.29 is 88.4 Å². The number of carboxylic acid groups (broad SMARTS) is 1. The summed E-state index contributed by atoms with van der Waals surface area (Å²) in [5, 5.41) is 10.7. The molecule has 52 heavy (non-hydrogen) atoms. The second kappa shape index (κ2) is 17.0. The Kier molecular flexibility index (Phi) is 13.7. The second-order valence-electron chi connectivity index (χ2n) is 11.2. The zero-order valence-electron chi connectivity index (χ0n) is 27.8. The number of halogens is 9. The average molecular weight is 751 g/mol. The van der Waals surface area contributed by atoms with Crippen LogP contribution in [0.4, 0.5) is 45.5 Å². The molecule has 18 heteroatoms. The van der Waals surface area contributed by atoms with Gasteiger partial charge in [-0.1, -0.05) is 12.6 Å². The largest absolute Gasteiger partial charge is 1.00 e. The van der Waals surface area contributed by atoms with Crippen LogP contribution in [0.25, 0.3) is 16.8 Å². The third kappa shape index (κ3) is 11.1. The van der Waals surface area contributed by atoms with Crippen molar-refractivity contribution in [2.45, 2.75) is 51.4 Å². The van der Waals surface area contributed by atoms with Crippen molar-refractivity contribution in [1.29, 1.82) is 0 Å². The van der Waals surface area contributed by atoms with Gasteiger partial charge in [-0.15, -0.1) is 0 Å². The molecular weight excluding hydrogens is 722 g/mol. The molecule has 0 N–H and O–H groups in total. The Labute approximate surface area is 313 Å². The van der Waals surface area contributed by atoms with Gasteiger partial charge in [-0.25, -0.2) is 15.0 Å². The van der Waals surface area contributed by atoms with Gasteiger partial charge in [0.2, 0.25) is 5.95 Å². The molecular formula is C34H28F9N4NaO4. The Morgan fingerprint density at radius 1 is 0.846 bits per heavy atom. The first-order chi connectivity index (χ1) is 23.8. The van der Waals surface area contributed by atoms with Crippen molar-refractivity contribution >= 4 is 17.5 Å². The van der Waals surface area contributed by atoms with Crippen LogP contribution in [0, 0.1) is 0 Å². The summed E-state index contributed by atoms with van der Waals surface area (Å²) in [6, 6.07) is 6.72. The number of alkyl halides is 9. The number of carbonyl (C=O) groups excluding carboxylic acids is 1. The Balaban J connectivity index is 0.00000729. The summed E-state index contributed by atoms with van der Waals surface area (Å²) in [4.78, 5) is 24.5. The molecule has 0 spiro atoms. The molecule has 0 aliphatic heterocycles. The molecule has 2 aromatic carbocycles. The van der Waals surface area contributed by atoms with E-state index in [1.54, 1.807) is 13.0 Å². The minimum Gasteiger partial charge on any atom is -0.550 e. The minimum absolute atomic E-state index is 0. The smallest absolute Gasteiger partial charge is 0.550 e. The molecule has 2 aromatic heterocycles. The number of aromatic nitrogens is 3. The summed E-state index contributed by atoms with van der Waals surface area (Å²) in [5.74, 6) is -1.43. The fourth-order valence-electron chi connectivity index (χ4n) is 4.86. The monoisotopic (exact) mass is 750 g/mol. The summed E-state index contributed by atoms with van der Waals surface area (Å²) in [6.45, 7) is 4.08. The Morgan fingerprint density at radius 3 is 1.96 bits per heavy atom. The van der Waals surface area contributed by atoms with Crippen LogP contribution in [0.3, 0.4) is 0 Å². The molecule has 8 nitrogen and oxygen atoms in total. The number of methoxy groups -OCH3 is 1. The molecule has 0 saturated carbocycles. The van der Waals surface area contributed by atoms with Gasteiger partial charge in [0.15, 0.2) is 5.75 Å². The van der Waals surface area contributed by atoms with E-state index in [1.165, 1.54) is 13.2 Å². The van der Waals surface area contributed by atoms with Gasteiger partial charge in [0.25, 0.3) is 0 Å². The van der Waals surface area contributed by atoms with Crippen molar-refractivity contribution in [2.24, 2.45) is 0 Å². The van der Waals surface area contributed by atoms with Crippen LogP contribution >= 0.6 is 0 Å². The van der Waals surface area contributed by atoms with Gasteiger partial charge in [-0.2, -0.15) is 39.5 Å². The van der Waals surface area contributed by atoms with E-state index in [0.29, 0.717) is 23.4 Å². The number of carbonyl (C=O) groups is 1. The molecule has 0 aliphatic carbocycles. The van der Waals surface area contributed by atoms with Gasteiger partial charge in [-0.3, -0.25) is 0 Å². The van der Waals surface area contributed by atoms with Crippen molar-refractivity contribution in [3.63, 3.8) is 0 Å². The fourth-order valence-corrected chi connectivity index (χ4v) is 4.86. The normalized spacial score (nSPS) is 11.8. The van der Waals surface area contributed by atoms with E-state index in [4.69, 9.17) is 9.47 Å². The minimum atomic E-state index is -5.17. The van der Waals surface area contributed by atoms with E-state index < -0.39 is 59.8 Å². The van der Waals surface area contributed by atoms with Crippen LogP contribution in [-0.2, 0) is 36.4 Å². The van der Waals surface area contributed by atoms with E-state index in [0.717, 1.165) is 35.5 Å². The first-order valence-electron chi connectivity index (χ1n) is 14.9. The molecule has 2 heterocycles. The van der Waals surface area contributed by atoms with Gasteiger partial charge >= 0.3 is 48.1 Å². The van der Waals surface area contributed by atoms with Crippen LogP contribution in [0.15, 0.2) is 67.5 Å². The molecule has 4 rings (SSSR count). The maximum absolute atomic E-state index is 14.0. The van der Waals surface area contributed by atoms with E-state index in [1.807, 2.05) is 0 Å². The number of aliphatic carboxylic acids is 1. The van der Waals surface area contributed by atoms with Gasteiger partial charge in [0.1, 0.15) is 11.4 Å². The van der Waals surface area contributed by atoms with Crippen LogP contribution in [0.1, 0.15) is 53.3 Å². The molecule has 0 unspecified atom stereocenters. The van der Waals surface area contributed by atoms with E-state index >= 15 is 0 Å². The molecule has 0 amide bonds. The number of hydrogen-bond donors (Lipinski definition) is 0. The topological polar surface area (TPSA) is 100 Å². The van der Waals surface area contributed by atoms with Crippen LogP contribution in [-0.4, -0.2) is 34.6 Å². The molecule has 0 bridgehead atoms. The zero-order valence-corrected chi connectivity index (χ0v) is 29.8. The number of anilines is 1. The Bertz CT molecular complexity index is 1850. The van der Waals surface area contributed by atoms with Gasteiger partial charge in [0, 0.05) is 24.6 Å². The zero-order chi connectivity index (χ0) is 37.7. The summed E-state index contributed by atoms with van der Waals surface area (Å²) in [7, 11) is 1.30. The van der Waals surface area contributed by atoms with Crippen molar-refractivity contribution in [2.75, 3.05) is 18.6 Å². The maximum atomic E-state index is 14.0. The first-order valence-corrected chi connectivity index (χ1v) is 14.9. The summed E-state index contributed by atoms with van der Waals surface area (Å²) < 4.78 is 135. The quantitative estimate of drug-likeness (QED) is 0.110. The van der Waals surface area contributed by atoms with Crippen LogP contribution in [0.2, 0.25) is 0 Å². The predicted molar refractivity (Wildman–Crippen MR) is 164 cm³/mol. The second-order valence-corrected chi connectivity index (χ2v) is 11.2. The summed E-state index contributed by atoms with van der Waals surface area (Å²) >= 11 is 0. The van der Waals surface area contributed by atoms with Crippen molar-refractivity contribution in [3.05, 3.63) is 101 Å². The molecule has 0 radical (unpaired) electrons. The number of nitrogens with zero attached hydrogens (tertiary/aromatic N) is 4. The molecule has 0 atom stereocenters.